The Morgan fingerprint density at radius 2 is 2.06 bits per heavy atom. The Kier molecular flexibility index (Phi) is 7.31. The Balaban J connectivity index is 2.27. The van der Waals surface area contributed by atoms with Crippen LogP contribution in [0.15, 0.2) is 17.1 Å². The SMILES string of the molecule is COc1cc(/N=C/N(C)C)c(C#N)c(OC2CCN(C(=O)OC(C)(C)C)CC2(F)F)c1. The summed E-state index contributed by atoms with van der Waals surface area (Å²) in [6.45, 7) is 4.20. The van der Waals surface area contributed by atoms with E-state index >= 15 is 0 Å². The predicted octanol–water partition coefficient (Wildman–Crippen LogP) is 3.81. The Morgan fingerprint density at radius 1 is 1.39 bits per heavy atom. The Morgan fingerprint density at radius 3 is 2.58 bits per heavy atom. The van der Waals surface area contributed by atoms with Gasteiger partial charge in [-0.2, -0.15) is 5.26 Å². The monoisotopic (exact) mass is 438 g/mol. The molecule has 31 heavy (non-hydrogen) atoms. The molecule has 0 aliphatic carbocycles. The van der Waals surface area contributed by atoms with E-state index in [1.807, 2.05) is 6.07 Å². The van der Waals surface area contributed by atoms with E-state index in [2.05, 4.69) is 4.99 Å². The number of hydrogen-bond donors (Lipinski definition) is 0. The van der Waals surface area contributed by atoms with E-state index in [1.54, 1.807) is 39.8 Å². The molecule has 1 aromatic carbocycles. The van der Waals surface area contributed by atoms with Crippen molar-refractivity contribution in [3.63, 3.8) is 0 Å². The van der Waals surface area contributed by atoms with Gasteiger partial charge in [0.15, 0.2) is 6.10 Å². The average Bonchev–Trinajstić information content (AvgIpc) is 2.65. The van der Waals surface area contributed by atoms with Gasteiger partial charge in [0.05, 0.1) is 25.7 Å². The molecule has 1 atom stereocenters. The fourth-order valence-corrected chi connectivity index (χ4v) is 2.88. The van der Waals surface area contributed by atoms with Crippen LogP contribution < -0.4 is 9.47 Å². The van der Waals surface area contributed by atoms with Crippen LogP contribution in [0.1, 0.15) is 32.8 Å². The number of piperidine rings is 1. The van der Waals surface area contributed by atoms with E-state index in [4.69, 9.17) is 14.2 Å². The highest BCUT2D eigenvalue weighted by Gasteiger charge is 2.48. The lowest BCUT2D eigenvalue weighted by atomic mass is 10.0. The summed E-state index contributed by atoms with van der Waals surface area (Å²) in [6.07, 6.45) is -0.987. The van der Waals surface area contributed by atoms with Crippen molar-refractivity contribution in [1.29, 1.82) is 5.26 Å². The zero-order valence-electron chi connectivity index (χ0n) is 18.6. The summed E-state index contributed by atoms with van der Waals surface area (Å²) in [5, 5.41) is 9.60. The van der Waals surface area contributed by atoms with Gasteiger partial charge in [0.1, 0.15) is 28.7 Å². The van der Waals surface area contributed by atoms with Crippen molar-refractivity contribution in [2.75, 3.05) is 34.3 Å². The number of likely N-dealkylation sites (tertiary alicyclic amines) is 1. The summed E-state index contributed by atoms with van der Waals surface area (Å²) in [6, 6.07) is 4.87. The van der Waals surface area contributed by atoms with Gasteiger partial charge in [-0.3, -0.25) is 0 Å². The molecule has 0 radical (unpaired) electrons. The van der Waals surface area contributed by atoms with Gasteiger partial charge < -0.3 is 24.0 Å². The fourth-order valence-electron chi connectivity index (χ4n) is 2.88. The number of carbonyl (C=O) groups is 1. The van der Waals surface area contributed by atoms with Crippen LogP contribution in [-0.2, 0) is 4.74 Å². The van der Waals surface area contributed by atoms with Gasteiger partial charge >= 0.3 is 12.0 Å². The van der Waals surface area contributed by atoms with E-state index in [0.29, 0.717) is 5.75 Å². The molecule has 0 spiro atoms. The van der Waals surface area contributed by atoms with Crippen LogP contribution in [0.4, 0.5) is 19.3 Å². The molecule has 10 heteroatoms. The van der Waals surface area contributed by atoms with Crippen molar-refractivity contribution in [2.45, 2.75) is 44.8 Å². The second-order valence-electron chi connectivity index (χ2n) is 8.40. The van der Waals surface area contributed by atoms with E-state index in [1.165, 1.54) is 25.6 Å². The zero-order chi connectivity index (χ0) is 23.4. The molecular formula is C21H28F2N4O4. The lowest BCUT2D eigenvalue weighted by Crippen LogP contribution is -2.56. The van der Waals surface area contributed by atoms with Crippen LogP contribution in [0.5, 0.6) is 11.5 Å². The Hall–Kier alpha value is -3.09. The zero-order valence-corrected chi connectivity index (χ0v) is 18.6. The number of benzene rings is 1. The van der Waals surface area contributed by atoms with E-state index < -0.39 is 30.3 Å². The molecule has 1 aliphatic heterocycles. The molecule has 1 heterocycles. The molecule has 1 unspecified atom stereocenters. The number of alkyl halides is 2. The molecule has 0 aromatic heterocycles. The molecule has 1 saturated heterocycles. The number of ether oxygens (including phenoxy) is 3. The quantitative estimate of drug-likeness (QED) is 0.513. The standard InChI is InChI=1S/C21H28F2N4O4/c1-20(2,3)31-19(28)27-8-7-18(21(22,23)12-27)30-17-10-14(29-6)9-16(15(17)11-24)25-13-26(4)5/h9-10,13,18H,7-8,12H2,1-6H3/b25-13+. The molecule has 1 aromatic rings. The van der Waals surface area contributed by atoms with Crippen LogP contribution in [-0.4, -0.2) is 74.2 Å². The van der Waals surface area contributed by atoms with Gasteiger partial charge in [0.25, 0.3) is 0 Å². The third kappa shape index (κ3) is 6.44. The molecular weight excluding hydrogens is 410 g/mol. The lowest BCUT2D eigenvalue weighted by molar-refractivity contribution is -0.137. The van der Waals surface area contributed by atoms with Crippen LogP contribution in [0.3, 0.4) is 0 Å². The van der Waals surface area contributed by atoms with Crippen molar-refractivity contribution in [3.05, 3.63) is 17.7 Å². The van der Waals surface area contributed by atoms with E-state index in [-0.39, 0.29) is 30.0 Å². The second-order valence-corrected chi connectivity index (χ2v) is 8.40. The first-order chi connectivity index (χ1) is 14.4. The maximum Gasteiger partial charge on any atom is 0.410 e. The molecule has 0 N–H and O–H groups in total. The lowest BCUT2D eigenvalue weighted by Gasteiger charge is -2.38. The number of carbonyl (C=O) groups excluding carboxylic acids is 1. The summed E-state index contributed by atoms with van der Waals surface area (Å²) in [5.74, 6) is -3.09. The van der Waals surface area contributed by atoms with Gasteiger partial charge in [0.2, 0.25) is 0 Å². The molecule has 1 fully saturated rings. The van der Waals surface area contributed by atoms with Crippen molar-refractivity contribution < 1.29 is 27.8 Å². The third-order valence-electron chi connectivity index (χ3n) is 4.28. The highest BCUT2D eigenvalue weighted by Crippen LogP contribution is 2.38. The smallest absolute Gasteiger partial charge is 0.410 e. The van der Waals surface area contributed by atoms with Crippen molar-refractivity contribution in [2.24, 2.45) is 4.99 Å². The Labute approximate surface area is 181 Å². The van der Waals surface area contributed by atoms with Crippen LogP contribution in [0.25, 0.3) is 0 Å². The highest BCUT2D eigenvalue weighted by atomic mass is 19.3. The van der Waals surface area contributed by atoms with Crippen LogP contribution in [0.2, 0.25) is 0 Å². The van der Waals surface area contributed by atoms with Gasteiger partial charge in [-0.05, 0) is 20.8 Å². The maximum absolute atomic E-state index is 14.8. The number of amides is 1. The van der Waals surface area contributed by atoms with Gasteiger partial charge in [0, 0.05) is 39.2 Å². The molecule has 8 nitrogen and oxygen atoms in total. The summed E-state index contributed by atoms with van der Waals surface area (Å²) < 4.78 is 45.7. The molecule has 0 bridgehead atoms. The molecule has 1 amide bonds. The van der Waals surface area contributed by atoms with Crippen molar-refractivity contribution in [3.8, 4) is 17.6 Å². The number of hydrogen-bond acceptors (Lipinski definition) is 6. The van der Waals surface area contributed by atoms with Crippen LogP contribution >= 0.6 is 0 Å². The molecule has 170 valence electrons. The first-order valence-electron chi connectivity index (χ1n) is 9.71. The highest BCUT2D eigenvalue weighted by molar-refractivity contribution is 5.70. The van der Waals surface area contributed by atoms with E-state index in [0.717, 1.165) is 4.90 Å². The number of rotatable bonds is 5. The Bertz CT molecular complexity index is 875. The second kappa shape index (κ2) is 9.37. The van der Waals surface area contributed by atoms with Crippen molar-refractivity contribution in [1.82, 2.24) is 9.80 Å². The summed E-state index contributed by atoms with van der Waals surface area (Å²) in [5.41, 5.74) is -0.532. The first kappa shape index (κ1) is 24.2. The molecule has 1 aliphatic rings. The van der Waals surface area contributed by atoms with Crippen molar-refractivity contribution >= 4 is 18.1 Å². The minimum Gasteiger partial charge on any atom is -0.497 e. The van der Waals surface area contributed by atoms with Gasteiger partial charge in [-0.1, -0.05) is 0 Å². The van der Waals surface area contributed by atoms with Gasteiger partial charge in [-0.25, -0.2) is 18.6 Å². The number of aliphatic imine (C=N–C) groups is 1. The molecule has 0 saturated carbocycles. The largest absolute Gasteiger partial charge is 0.497 e. The number of nitrogens with zero attached hydrogens (tertiary/aromatic N) is 4. The predicted molar refractivity (Wildman–Crippen MR) is 111 cm³/mol. The molecule has 2 rings (SSSR count). The number of methoxy groups -OCH3 is 1. The number of halogens is 2. The first-order valence-corrected chi connectivity index (χ1v) is 9.71. The summed E-state index contributed by atoms with van der Waals surface area (Å²) in [4.78, 5) is 19.0. The third-order valence-corrected chi connectivity index (χ3v) is 4.28. The minimum absolute atomic E-state index is 0.0178. The fraction of sp³-hybridized carbons (Fsp3) is 0.571. The normalized spacial score (nSPS) is 18.4. The van der Waals surface area contributed by atoms with Crippen LogP contribution in [0, 0.1) is 11.3 Å². The summed E-state index contributed by atoms with van der Waals surface area (Å²) >= 11 is 0. The topological polar surface area (TPSA) is 87.4 Å². The minimum atomic E-state index is -3.35. The van der Waals surface area contributed by atoms with E-state index in [9.17, 15) is 18.8 Å². The summed E-state index contributed by atoms with van der Waals surface area (Å²) in [7, 11) is 4.93. The average molecular weight is 438 g/mol. The maximum atomic E-state index is 14.8. The van der Waals surface area contributed by atoms with Gasteiger partial charge in [-0.15, -0.1) is 0 Å². The number of nitriles is 1.